The molecule has 0 aliphatic carbocycles. The van der Waals surface area contributed by atoms with Crippen molar-refractivity contribution in [2.45, 2.75) is 6.42 Å². The molecule has 0 aromatic heterocycles. The van der Waals surface area contributed by atoms with E-state index in [1.54, 1.807) is 24.3 Å². The summed E-state index contributed by atoms with van der Waals surface area (Å²) in [5.74, 6) is -1.38. The monoisotopic (exact) mass is 227 g/mol. The van der Waals surface area contributed by atoms with Crippen molar-refractivity contribution in [3.8, 4) is 0 Å². The van der Waals surface area contributed by atoms with Gasteiger partial charge in [0.25, 0.3) is 0 Å². The fourth-order valence-electron chi connectivity index (χ4n) is 1.02. The van der Waals surface area contributed by atoms with Crippen molar-refractivity contribution in [3.05, 3.63) is 34.9 Å². The third kappa shape index (κ3) is 4.46. The Bertz CT molecular complexity index is 361. The van der Waals surface area contributed by atoms with E-state index in [-0.39, 0.29) is 18.9 Å². The maximum absolute atomic E-state index is 11.2. The number of benzene rings is 1. The SMILES string of the molecule is O=C(O)CNC(=O)Cc1ccc(Cl)cc1. The van der Waals surface area contributed by atoms with Gasteiger partial charge in [-0.05, 0) is 17.7 Å². The lowest BCUT2D eigenvalue weighted by Crippen LogP contribution is -2.30. The molecule has 0 atom stereocenters. The first kappa shape index (κ1) is 11.5. The largest absolute Gasteiger partial charge is 0.480 e. The number of nitrogens with one attached hydrogen (secondary N) is 1. The van der Waals surface area contributed by atoms with Crippen LogP contribution in [0.5, 0.6) is 0 Å². The first-order chi connectivity index (χ1) is 7.08. The van der Waals surface area contributed by atoms with Crippen LogP contribution < -0.4 is 5.32 Å². The summed E-state index contributed by atoms with van der Waals surface area (Å²) >= 11 is 5.67. The van der Waals surface area contributed by atoms with Gasteiger partial charge in [0, 0.05) is 5.02 Å². The number of carboxylic acids is 1. The first-order valence-corrected chi connectivity index (χ1v) is 4.68. The molecule has 5 heteroatoms. The Morgan fingerprint density at radius 2 is 1.87 bits per heavy atom. The highest BCUT2D eigenvalue weighted by atomic mass is 35.5. The number of carbonyl (C=O) groups is 2. The van der Waals surface area contributed by atoms with Gasteiger partial charge in [-0.2, -0.15) is 0 Å². The Morgan fingerprint density at radius 1 is 1.27 bits per heavy atom. The summed E-state index contributed by atoms with van der Waals surface area (Å²) in [5.41, 5.74) is 0.794. The molecule has 0 saturated heterocycles. The van der Waals surface area contributed by atoms with Crippen molar-refractivity contribution in [1.29, 1.82) is 0 Å². The lowest BCUT2D eigenvalue weighted by Gasteiger charge is -2.02. The predicted molar refractivity (Wildman–Crippen MR) is 55.8 cm³/mol. The van der Waals surface area contributed by atoms with Gasteiger partial charge >= 0.3 is 5.97 Å². The van der Waals surface area contributed by atoms with Gasteiger partial charge in [0.15, 0.2) is 0 Å². The molecule has 4 nitrogen and oxygen atoms in total. The molecule has 0 unspecified atom stereocenters. The molecule has 1 aromatic rings. The van der Waals surface area contributed by atoms with E-state index in [1.807, 2.05) is 0 Å². The average Bonchev–Trinajstić information content (AvgIpc) is 2.19. The zero-order chi connectivity index (χ0) is 11.3. The topological polar surface area (TPSA) is 66.4 Å². The van der Waals surface area contributed by atoms with Gasteiger partial charge in [-0.1, -0.05) is 23.7 Å². The van der Waals surface area contributed by atoms with Crippen molar-refractivity contribution in [2.75, 3.05) is 6.54 Å². The Balaban J connectivity index is 2.44. The van der Waals surface area contributed by atoms with E-state index in [4.69, 9.17) is 16.7 Å². The minimum absolute atomic E-state index is 0.157. The van der Waals surface area contributed by atoms with Crippen LogP contribution >= 0.6 is 11.6 Å². The van der Waals surface area contributed by atoms with Crippen LogP contribution in [-0.2, 0) is 16.0 Å². The summed E-state index contributed by atoms with van der Waals surface area (Å²) in [7, 11) is 0. The summed E-state index contributed by atoms with van der Waals surface area (Å²) in [6.45, 7) is -0.355. The van der Waals surface area contributed by atoms with Gasteiger partial charge in [-0.3, -0.25) is 9.59 Å². The second kappa shape index (κ2) is 5.36. The van der Waals surface area contributed by atoms with Crippen LogP contribution in [0.1, 0.15) is 5.56 Å². The predicted octanol–water partition coefficient (Wildman–Crippen LogP) is 1.08. The van der Waals surface area contributed by atoms with Crippen LogP contribution in [0.2, 0.25) is 5.02 Å². The molecule has 0 aliphatic heterocycles. The standard InChI is InChI=1S/C10H10ClNO3/c11-8-3-1-7(2-4-8)5-9(13)12-6-10(14)15/h1-4H,5-6H2,(H,12,13)(H,14,15). The molecule has 2 N–H and O–H groups in total. The Kier molecular flexibility index (Phi) is 4.12. The van der Waals surface area contributed by atoms with Crippen molar-refractivity contribution >= 4 is 23.5 Å². The quantitative estimate of drug-likeness (QED) is 0.809. The van der Waals surface area contributed by atoms with Gasteiger partial charge in [-0.15, -0.1) is 0 Å². The number of hydrogen-bond acceptors (Lipinski definition) is 2. The fraction of sp³-hybridized carbons (Fsp3) is 0.200. The highest BCUT2D eigenvalue weighted by Gasteiger charge is 2.04. The number of rotatable bonds is 4. The first-order valence-electron chi connectivity index (χ1n) is 4.31. The number of carboxylic acid groups (broad SMARTS) is 1. The summed E-state index contributed by atoms with van der Waals surface area (Å²) in [5, 5.41) is 11.2. The third-order valence-electron chi connectivity index (χ3n) is 1.71. The summed E-state index contributed by atoms with van der Waals surface area (Å²) in [4.78, 5) is 21.4. The Hall–Kier alpha value is -1.55. The molecular formula is C10H10ClNO3. The van der Waals surface area contributed by atoms with E-state index in [0.29, 0.717) is 5.02 Å². The van der Waals surface area contributed by atoms with E-state index >= 15 is 0 Å². The van der Waals surface area contributed by atoms with Crippen LogP contribution in [-0.4, -0.2) is 23.5 Å². The third-order valence-corrected chi connectivity index (χ3v) is 1.97. The number of carbonyl (C=O) groups excluding carboxylic acids is 1. The van der Waals surface area contributed by atoms with Crippen molar-refractivity contribution in [3.63, 3.8) is 0 Å². The van der Waals surface area contributed by atoms with Gasteiger partial charge in [0.2, 0.25) is 5.91 Å². The molecule has 0 bridgehead atoms. The summed E-state index contributed by atoms with van der Waals surface area (Å²) < 4.78 is 0. The summed E-state index contributed by atoms with van der Waals surface area (Å²) in [6, 6.07) is 6.81. The smallest absolute Gasteiger partial charge is 0.322 e. The lowest BCUT2D eigenvalue weighted by atomic mass is 10.1. The number of hydrogen-bond donors (Lipinski definition) is 2. The van der Waals surface area contributed by atoms with Crippen molar-refractivity contribution < 1.29 is 14.7 Å². The molecule has 1 amide bonds. The highest BCUT2D eigenvalue weighted by Crippen LogP contribution is 2.09. The fourth-order valence-corrected chi connectivity index (χ4v) is 1.15. The maximum Gasteiger partial charge on any atom is 0.322 e. The summed E-state index contributed by atoms with van der Waals surface area (Å²) in [6.07, 6.45) is 0.157. The van der Waals surface area contributed by atoms with Gasteiger partial charge in [0.05, 0.1) is 6.42 Å². The van der Waals surface area contributed by atoms with Crippen LogP contribution in [0.4, 0.5) is 0 Å². The minimum atomic E-state index is -1.06. The average molecular weight is 228 g/mol. The second-order valence-corrected chi connectivity index (χ2v) is 3.41. The molecule has 0 fully saturated rings. The van der Waals surface area contributed by atoms with Crippen molar-refractivity contribution in [1.82, 2.24) is 5.32 Å². The van der Waals surface area contributed by atoms with E-state index in [0.717, 1.165) is 5.56 Å². The lowest BCUT2D eigenvalue weighted by molar-refractivity contribution is -0.137. The molecule has 15 heavy (non-hydrogen) atoms. The zero-order valence-electron chi connectivity index (χ0n) is 7.87. The van der Waals surface area contributed by atoms with Gasteiger partial charge in [-0.25, -0.2) is 0 Å². The normalized spacial score (nSPS) is 9.67. The Morgan fingerprint density at radius 3 is 2.40 bits per heavy atom. The van der Waals surface area contributed by atoms with Gasteiger partial charge in [0.1, 0.15) is 6.54 Å². The van der Waals surface area contributed by atoms with Crippen LogP contribution in [0, 0.1) is 0 Å². The Labute approximate surface area is 91.9 Å². The van der Waals surface area contributed by atoms with Gasteiger partial charge < -0.3 is 10.4 Å². The van der Waals surface area contributed by atoms with Crippen LogP contribution in [0.15, 0.2) is 24.3 Å². The van der Waals surface area contributed by atoms with Crippen LogP contribution in [0.3, 0.4) is 0 Å². The van der Waals surface area contributed by atoms with E-state index in [9.17, 15) is 9.59 Å². The molecule has 1 aromatic carbocycles. The molecule has 0 aliphatic rings. The molecule has 80 valence electrons. The minimum Gasteiger partial charge on any atom is -0.480 e. The molecule has 1 rings (SSSR count). The molecule has 0 spiro atoms. The van der Waals surface area contributed by atoms with E-state index in [2.05, 4.69) is 5.32 Å². The number of aliphatic carboxylic acids is 1. The van der Waals surface area contributed by atoms with Crippen LogP contribution in [0.25, 0.3) is 0 Å². The second-order valence-electron chi connectivity index (χ2n) is 2.97. The number of halogens is 1. The highest BCUT2D eigenvalue weighted by molar-refractivity contribution is 6.30. The zero-order valence-corrected chi connectivity index (χ0v) is 8.62. The maximum atomic E-state index is 11.2. The molecular weight excluding hydrogens is 218 g/mol. The molecule has 0 saturated carbocycles. The molecule has 0 heterocycles. The van der Waals surface area contributed by atoms with E-state index < -0.39 is 5.97 Å². The van der Waals surface area contributed by atoms with Crippen molar-refractivity contribution in [2.24, 2.45) is 0 Å². The van der Waals surface area contributed by atoms with E-state index in [1.165, 1.54) is 0 Å². The molecule has 0 radical (unpaired) electrons. The number of amides is 1.